The fourth-order valence-electron chi connectivity index (χ4n) is 3.69. The summed E-state index contributed by atoms with van der Waals surface area (Å²) in [6, 6.07) is 8.09. The molecule has 1 aromatic heterocycles. The fourth-order valence-corrected chi connectivity index (χ4v) is 8.85. The molecule has 3 rings (SSSR count). The third-order valence-corrected chi connectivity index (χ3v) is 9.50. The zero-order valence-corrected chi connectivity index (χ0v) is 18.4. The van der Waals surface area contributed by atoms with Crippen molar-refractivity contribution in [3.8, 4) is 5.75 Å². The van der Waals surface area contributed by atoms with Crippen LogP contribution in [0.4, 0.5) is 0 Å². The Morgan fingerprint density at radius 2 is 1.86 bits per heavy atom. The summed E-state index contributed by atoms with van der Waals surface area (Å²) in [5.74, 6) is -0.313. The lowest BCUT2D eigenvalue weighted by atomic mass is 10.1. The number of rotatable bonds is 7. The van der Waals surface area contributed by atoms with Crippen molar-refractivity contribution in [1.82, 2.24) is 9.88 Å². The Morgan fingerprint density at radius 1 is 1.17 bits per heavy atom. The predicted octanol–water partition coefficient (Wildman–Crippen LogP) is 1.51. The Kier molecular flexibility index (Phi) is 6.30. The number of hydrogen-bond acceptors (Lipinski definition) is 7. The molecule has 1 saturated heterocycles. The Labute approximate surface area is 172 Å². The van der Waals surface area contributed by atoms with Crippen LogP contribution in [0.15, 0.2) is 47.6 Å². The van der Waals surface area contributed by atoms with Gasteiger partial charge in [-0.25, -0.2) is 16.8 Å². The van der Waals surface area contributed by atoms with Crippen LogP contribution < -0.4 is 4.74 Å². The minimum atomic E-state index is -3.91. The second-order valence-corrected chi connectivity index (χ2v) is 11.8. The molecule has 0 aliphatic carbocycles. The predicted molar refractivity (Wildman–Crippen MR) is 112 cm³/mol. The summed E-state index contributed by atoms with van der Waals surface area (Å²) in [6.45, 7) is 2.34. The molecular weight excluding hydrogens is 412 g/mol. The molecule has 29 heavy (non-hydrogen) atoms. The van der Waals surface area contributed by atoms with Crippen LogP contribution in [0.3, 0.4) is 0 Å². The van der Waals surface area contributed by atoms with E-state index in [4.69, 9.17) is 4.74 Å². The van der Waals surface area contributed by atoms with Crippen molar-refractivity contribution >= 4 is 19.7 Å². The minimum Gasteiger partial charge on any atom is -0.495 e. The van der Waals surface area contributed by atoms with E-state index in [1.165, 1.54) is 7.11 Å². The lowest BCUT2D eigenvalue weighted by molar-refractivity contribution is 0.266. The van der Waals surface area contributed by atoms with E-state index in [1.54, 1.807) is 44.6 Å². The van der Waals surface area contributed by atoms with Crippen molar-refractivity contribution in [2.45, 2.75) is 29.5 Å². The number of nitrogens with zero attached hydrogens (tertiary/aromatic N) is 2. The second-order valence-electron chi connectivity index (χ2n) is 7.47. The molecule has 0 radical (unpaired) electrons. The quantitative estimate of drug-likeness (QED) is 0.647. The normalized spacial score (nSPS) is 21.4. The van der Waals surface area contributed by atoms with Gasteiger partial charge in [-0.05, 0) is 55.8 Å². The molecule has 9 heteroatoms. The zero-order valence-electron chi connectivity index (χ0n) is 16.8. The van der Waals surface area contributed by atoms with Crippen molar-refractivity contribution in [3.05, 3.63) is 53.9 Å². The van der Waals surface area contributed by atoms with Gasteiger partial charge >= 0.3 is 0 Å². The van der Waals surface area contributed by atoms with E-state index in [-0.39, 0.29) is 22.2 Å². The van der Waals surface area contributed by atoms with Crippen molar-refractivity contribution in [2.75, 3.05) is 32.2 Å². The van der Waals surface area contributed by atoms with Crippen LogP contribution in [0.1, 0.15) is 11.1 Å². The Bertz CT molecular complexity index is 1070. The molecule has 0 spiro atoms. The topological polar surface area (TPSA) is 93.6 Å². The Hall–Kier alpha value is -1.97. The Morgan fingerprint density at radius 3 is 2.52 bits per heavy atom. The highest BCUT2D eigenvalue weighted by Gasteiger charge is 2.48. The van der Waals surface area contributed by atoms with E-state index >= 15 is 0 Å². The van der Waals surface area contributed by atoms with E-state index in [0.717, 1.165) is 11.1 Å². The lowest BCUT2D eigenvalue weighted by Gasteiger charge is -2.28. The van der Waals surface area contributed by atoms with Gasteiger partial charge in [0.2, 0.25) is 0 Å². The molecule has 7 nitrogen and oxygen atoms in total. The van der Waals surface area contributed by atoms with Crippen LogP contribution in [-0.4, -0.2) is 70.2 Å². The maximum atomic E-state index is 13.5. The molecule has 0 N–H and O–H groups in total. The highest BCUT2D eigenvalue weighted by atomic mass is 32.2. The van der Waals surface area contributed by atoms with Gasteiger partial charge in [0.1, 0.15) is 10.6 Å². The second kappa shape index (κ2) is 8.41. The summed E-state index contributed by atoms with van der Waals surface area (Å²) in [7, 11) is -4.18. The van der Waals surface area contributed by atoms with Gasteiger partial charge in [-0.3, -0.25) is 4.98 Å². The SMILES string of the molecule is COc1ccc(C)cc1S(=O)(=O)C1CS(=O)(=O)CC1N(C)CCc1ccncc1. The number of benzene rings is 1. The summed E-state index contributed by atoms with van der Waals surface area (Å²) in [5.41, 5.74) is 1.83. The molecule has 0 bridgehead atoms. The Balaban J connectivity index is 1.90. The molecule has 2 atom stereocenters. The van der Waals surface area contributed by atoms with Crippen molar-refractivity contribution in [2.24, 2.45) is 0 Å². The zero-order chi connectivity index (χ0) is 21.2. The molecule has 1 aliphatic rings. The first kappa shape index (κ1) is 21.7. The molecule has 0 saturated carbocycles. The van der Waals surface area contributed by atoms with Crippen molar-refractivity contribution in [1.29, 1.82) is 0 Å². The van der Waals surface area contributed by atoms with Gasteiger partial charge in [0.25, 0.3) is 0 Å². The van der Waals surface area contributed by atoms with Gasteiger partial charge in [0.05, 0.1) is 23.9 Å². The van der Waals surface area contributed by atoms with E-state index in [0.29, 0.717) is 13.0 Å². The molecule has 1 aliphatic heterocycles. The number of likely N-dealkylation sites (N-methyl/N-ethyl adjacent to an activating group) is 1. The number of sulfone groups is 2. The van der Waals surface area contributed by atoms with Gasteiger partial charge in [0.15, 0.2) is 19.7 Å². The van der Waals surface area contributed by atoms with Crippen LogP contribution in [0, 0.1) is 6.92 Å². The van der Waals surface area contributed by atoms with Crippen LogP contribution in [-0.2, 0) is 26.1 Å². The molecule has 158 valence electrons. The van der Waals surface area contributed by atoms with Crippen LogP contribution >= 0.6 is 0 Å². The number of hydrogen-bond donors (Lipinski definition) is 0. The van der Waals surface area contributed by atoms with Gasteiger partial charge in [-0.1, -0.05) is 6.07 Å². The highest BCUT2D eigenvalue weighted by Crippen LogP contribution is 2.33. The van der Waals surface area contributed by atoms with Crippen LogP contribution in [0.5, 0.6) is 5.75 Å². The maximum Gasteiger partial charge on any atom is 0.187 e. The van der Waals surface area contributed by atoms with E-state index in [1.807, 2.05) is 17.0 Å². The number of aryl methyl sites for hydroxylation is 1. The highest BCUT2D eigenvalue weighted by molar-refractivity contribution is 7.96. The number of pyridine rings is 1. The first-order chi connectivity index (χ1) is 13.6. The number of aromatic nitrogens is 1. The molecule has 1 aromatic carbocycles. The average Bonchev–Trinajstić information content (AvgIpc) is 3.03. The molecule has 2 heterocycles. The third kappa shape index (κ3) is 4.79. The fraction of sp³-hybridized carbons (Fsp3) is 0.450. The van der Waals surface area contributed by atoms with Crippen LogP contribution in [0.2, 0.25) is 0 Å². The maximum absolute atomic E-state index is 13.5. The first-order valence-electron chi connectivity index (χ1n) is 9.32. The first-order valence-corrected chi connectivity index (χ1v) is 12.7. The molecule has 0 amide bonds. The standard InChI is InChI=1S/C20H26N2O5S2/c1-15-4-5-18(27-3)19(12-15)29(25,26)20-14-28(23,24)13-17(20)22(2)11-8-16-6-9-21-10-7-16/h4-7,9-10,12,17,20H,8,11,13-14H2,1-3H3. The molecule has 2 aromatic rings. The van der Waals surface area contributed by atoms with Gasteiger partial charge < -0.3 is 9.64 Å². The summed E-state index contributed by atoms with van der Waals surface area (Å²) >= 11 is 0. The average molecular weight is 439 g/mol. The smallest absolute Gasteiger partial charge is 0.187 e. The van der Waals surface area contributed by atoms with Gasteiger partial charge in [0, 0.05) is 25.0 Å². The summed E-state index contributed by atoms with van der Waals surface area (Å²) in [4.78, 5) is 5.88. The van der Waals surface area contributed by atoms with Gasteiger partial charge in [-0.15, -0.1) is 0 Å². The van der Waals surface area contributed by atoms with Crippen LogP contribution in [0.25, 0.3) is 0 Å². The van der Waals surface area contributed by atoms with E-state index < -0.39 is 31.0 Å². The largest absolute Gasteiger partial charge is 0.495 e. The number of methoxy groups -OCH3 is 1. The minimum absolute atomic E-state index is 0.0506. The molecular formula is C20H26N2O5S2. The summed E-state index contributed by atoms with van der Waals surface area (Å²) in [5, 5.41) is -1.04. The van der Waals surface area contributed by atoms with E-state index in [9.17, 15) is 16.8 Å². The summed E-state index contributed by atoms with van der Waals surface area (Å²) in [6.07, 6.45) is 4.08. The van der Waals surface area contributed by atoms with Gasteiger partial charge in [-0.2, -0.15) is 0 Å². The van der Waals surface area contributed by atoms with Crippen molar-refractivity contribution in [3.63, 3.8) is 0 Å². The van der Waals surface area contributed by atoms with E-state index in [2.05, 4.69) is 4.98 Å². The third-order valence-electron chi connectivity index (χ3n) is 5.36. The molecule has 2 unspecified atom stereocenters. The van der Waals surface area contributed by atoms with Crippen molar-refractivity contribution < 1.29 is 21.6 Å². The monoisotopic (exact) mass is 438 g/mol. The number of ether oxygens (including phenoxy) is 1. The lowest BCUT2D eigenvalue weighted by Crippen LogP contribution is -2.45. The molecule has 1 fully saturated rings. The summed E-state index contributed by atoms with van der Waals surface area (Å²) < 4.78 is 57.0.